The first-order valence-corrected chi connectivity index (χ1v) is 19.6. The third kappa shape index (κ3) is 17.4. The molecule has 2 heterocycles. The summed E-state index contributed by atoms with van der Waals surface area (Å²) in [6.07, 6.45) is 3.89. The van der Waals surface area contributed by atoms with E-state index in [1.54, 1.807) is 25.1 Å². The predicted molar refractivity (Wildman–Crippen MR) is 223 cm³/mol. The van der Waals surface area contributed by atoms with Gasteiger partial charge in [0.25, 0.3) is 5.91 Å². The highest BCUT2D eigenvalue weighted by Gasteiger charge is 2.29. The highest BCUT2D eigenvalue weighted by atomic mass is 16.5. The summed E-state index contributed by atoms with van der Waals surface area (Å²) in [6.45, 7) is 5.99. The largest absolute Gasteiger partial charge is 0.483 e. The fourth-order valence-corrected chi connectivity index (χ4v) is 5.46. The second-order valence-corrected chi connectivity index (χ2v) is 13.1. The van der Waals surface area contributed by atoms with E-state index in [0.717, 1.165) is 47.3 Å². The molecule has 3 aromatic carbocycles. The number of benzene rings is 3. The number of aldehydes is 2. The third-order valence-corrected chi connectivity index (χ3v) is 8.72. The van der Waals surface area contributed by atoms with Gasteiger partial charge in [-0.15, -0.1) is 0 Å². The lowest BCUT2D eigenvalue weighted by Crippen LogP contribution is -2.50. The molecule has 0 aliphatic carbocycles. The van der Waals surface area contributed by atoms with E-state index in [0.29, 0.717) is 95.5 Å². The average molecular weight is 830 g/mol. The van der Waals surface area contributed by atoms with Gasteiger partial charge in [0.2, 0.25) is 18.2 Å². The number of nitrogens with zero attached hydrogens (tertiary/aromatic N) is 2. The molecule has 4 aromatic rings. The maximum atomic E-state index is 11.8. The molecule has 1 aliphatic rings. The van der Waals surface area contributed by atoms with Gasteiger partial charge >= 0.3 is 0 Å². The zero-order valence-corrected chi connectivity index (χ0v) is 34.4. The molecule has 1 unspecified atom stereocenters. The second-order valence-electron chi connectivity index (χ2n) is 13.1. The summed E-state index contributed by atoms with van der Waals surface area (Å²) in [6, 6.07) is 24.5. The monoisotopic (exact) mass is 829 g/mol. The molecule has 322 valence electrons. The zero-order valence-electron chi connectivity index (χ0n) is 34.4. The first kappa shape index (κ1) is 48.3. The van der Waals surface area contributed by atoms with Gasteiger partial charge in [0.1, 0.15) is 30.1 Å². The number of nitrogens with one attached hydrogen (secondary N) is 3. The molecule has 1 saturated heterocycles. The van der Waals surface area contributed by atoms with Crippen molar-refractivity contribution in [3.05, 3.63) is 95.9 Å². The summed E-state index contributed by atoms with van der Waals surface area (Å²) in [4.78, 5) is 71.1. The minimum Gasteiger partial charge on any atom is -0.483 e. The number of amides is 4. The topological polar surface area (TPSA) is 205 Å². The molecule has 16 heteroatoms. The number of imide groups is 1. The Morgan fingerprint density at radius 3 is 2.10 bits per heavy atom. The molecule has 1 aromatic heterocycles. The van der Waals surface area contributed by atoms with Gasteiger partial charge in [-0.05, 0) is 26.5 Å². The predicted octanol–water partition coefficient (Wildman–Crippen LogP) is 3.59. The van der Waals surface area contributed by atoms with E-state index < -0.39 is 6.04 Å². The smallest absolute Gasteiger partial charge is 0.258 e. The van der Waals surface area contributed by atoms with Gasteiger partial charge in [-0.2, -0.15) is 0 Å². The maximum Gasteiger partial charge on any atom is 0.258 e. The van der Waals surface area contributed by atoms with E-state index in [1.807, 2.05) is 67.7 Å². The molecule has 0 spiro atoms. The van der Waals surface area contributed by atoms with Crippen LogP contribution in [0.3, 0.4) is 0 Å². The summed E-state index contributed by atoms with van der Waals surface area (Å²) in [5.41, 5.74) is 4.09. The lowest BCUT2D eigenvalue weighted by atomic mass is 10.1. The van der Waals surface area contributed by atoms with Crippen molar-refractivity contribution in [2.75, 3.05) is 73.4 Å². The Bertz CT molecular complexity index is 1850. The summed E-state index contributed by atoms with van der Waals surface area (Å²) >= 11 is 0. The molecule has 0 radical (unpaired) electrons. The van der Waals surface area contributed by atoms with Gasteiger partial charge in [0, 0.05) is 61.7 Å². The van der Waals surface area contributed by atoms with Crippen molar-refractivity contribution in [2.24, 2.45) is 0 Å². The summed E-state index contributed by atoms with van der Waals surface area (Å²) in [5.74, 6) is 0.974. The number of oxazole rings is 1. The van der Waals surface area contributed by atoms with Crippen molar-refractivity contribution in [1.29, 1.82) is 0 Å². The molecule has 1 aliphatic heterocycles. The van der Waals surface area contributed by atoms with Crippen LogP contribution in [0.4, 0.5) is 0 Å². The van der Waals surface area contributed by atoms with E-state index in [-0.39, 0.29) is 24.3 Å². The third-order valence-electron chi connectivity index (χ3n) is 8.72. The quantitative estimate of drug-likeness (QED) is 0.0557. The van der Waals surface area contributed by atoms with E-state index in [1.165, 1.54) is 11.9 Å². The Kier molecular flexibility index (Phi) is 22.8. The van der Waals surface area contributed by atoms with Crippen LogP contribution in [-0.4, -0.2) is 126 Å². The minimum absolute atomic E-state index is 0.111. The van der Waals surface area contributed by atoms with Gasteiger partial charge in [0.15, 0.2) is 18.3 Å². The van der Waals surface area contributed by atoms with Crippen LogP contribution in [0.15, 0.2) is 83.3 Å². The van der Waals surface area contributed by atoms with Crippen molar-refractivity contribution in [3.63, 3.8) is 0 Å². The van der Waals surface area contributed by atoms with Crippen LogP contribution in [-0.2, 0) is 44.6 Å². The van der Waals surface area contributed by atoms with E-state index in [4.69, 9.17) is 23.4 Å². The Morgan fingerprint density at radius 1 is 0.867 bits per heavy atom. The number of rotatable bonds is 23. The van der Waals surface area contributed by atoms with Gasteiger partial charge in [-0.1, -0.05) is 72.8 Å². The van der Waals surface area contributed by atoms with Crippen molar-refractivity contribution in [1.82, 2.24) is 25.8 Å². The van der Waals surface area contributed by atoms with Crippen LogP contribution in [0.1, 0.15) is 41.1 Å². The fourth-order valence-electron chi connectivity index (χ4n) is 5.46. The average Bonchev–Trinajstić information content (AvgIpc) is 3.71. The highest BCUT2D eigenvalue weighted by Crippen LogP contribution is 2.32. The van der Waals surface area contributed by atoms with E-state index >= 15 is 0 Å². The lowest BCUT2D eigenvalue weighted by Gasteiger charge is -2.26. The number of ether oxygens (including phenoxy) is 4. The van der Waals surface area contributed by atoms with Crippen LogP contribution in [0.5, 0.6) is 5.75 Å². The summed E-state index contributed by atoms with van der Waals surface area (Å²) in [7, 11) is 3.40. The van der Waals surface area contributed by atoms with Gasteiger partial charge in [0.05, 0.1) is 39.6 Å². The zero-order chi connectivity index (χ0) is 43.4. The first-order chi connectivity index (χ1) is 29.2. The second kappa shape index (κ2) is 28.4. The molecule has 0 bridgehead atoms. The van der Waals surface area contributed by atoms with Gasteiger partial charge in [-0.25, -0.2) is 4.98 Å². The number of likely N-dealkylation sites (N-methyl/N-ethyl adjacent to an activating group) is 2. The Hall–Kier alpha value is -6.07. The van der Waals surface area contributed by atoms with Crippen molar-refractivity contribution in [3.8, 4) is 28.3 Å². The number of piperidine rings is 1. The molecule has 16 nitrogen and oxygen atoms in total. The highest BCUT2D eigenvalue weighted by molar-refractivity contribution is 6.00. The summed E-state index contributed by atoms with van der Waals surface area (Å²) in [5, 5.41) is 7.87. The van der Waals surface area contributed by atoms with Crippen LogP contribution >= 0.6 is 0 Å². The van der Waals surface area contributed by atoms with Crippen molar-refractivity contribution < 1.29 is 52.1 Å². The molecule has 60 heavy (non-hydrogen) atoms. The minimum atomic E-state index is -0.486. The van der Waals surface area contributed by atoms with Crippen LogP contribution in [0.2, 0.25) is 0 Å². The number of hydrogen-bond donors (Lipinski definition) is 3. The Balaban J connectivity index is 0.000000257. The molecular formula is C44H55N5O11. The van der Waals surface area contributed by atoms with Gasteiger partial charge < -0.3 is 43.7 Å². The van der Waals surface area contributed by atoms with Gasteiger partial charge in [-0.3, -0.25) is 29.3 Å². The standard InChI is InChI=1S/C19H30N2O6.C18H15NO2.C7H10N2O3/c1-16-17(14-22)4-3-5-18(16)27-15-19(23)21-7-9-25-11-13-26-12-10-24-8-6-20-2;20-13-7-12-16-19-17(14-8-3-1-4-9-14)18(21-16)15-10-5-2-6-11-15;1-9(4-10)5-2-3-6(11)8-7(5)12/h3-5,14,20H,6-13,15H2,1-2H3,(H,21,23);1-6,8-11,13H,7,12H2;4-5H,2-3H2,1H3,(H,8,11,12). The number of aromatic nitrogens is 1. The Labute approximate surface area is 350 Å². The Morgan fingerprint density at radius 2 is 1.50 bits per heavy atom. The molecular weight excluding hydrogens is 775 g/mol. The fraction of sp³-hybridized carbons (Fsp3) is 0.386. The SMILES string of the molecule is CN(C=O)C1CCC(=O)NC1=O.CNCCOCCOCCOCCNC(=O)COc1cccc(C=O)c1C.O=CCCc1nc(-c2ccccc2)c(-c2ccccc2)o1. The molecule has 4 amide bonds. The van der Waals surface area contributed by atoms with Crippen molar-refractivity contribution in [2.45, 2.75) is 38.6 Å². The summed E-state index contributed by atoms with van der Waals surface area (Å²) < 4.78 is 27.4. The number of hydrogen-bond acceptors (Lipinski definition) is 13. The number of carbonyl (C=O) groups excluding carboxylic acids is 6. The molecule has 1 fully saturated rings. The molecule has 3 N–H and O–H groups in total. The first-order valence-electron chi connectivity index (χ1n) is 19.6. The normalized spacial score (nSPS) is 13.1. The number of aryl methyl sites for hydroxylation is 1. The maximum absolute atomic E-state index is 11.8. The van der Waals surface area contributed by atoms with E-state index in [2.05, 4.69) is 20.9 Å². The molecule has 5 rings (SSSR count). The number of carbonyl (C=O) groups is 6. The van der Waals surface area contributed by atoms with E-state index in [9.17, 15) is 28.8 Å². The van der Waals surface area contributed by atoms with Crippen LogP contribution < -0.4 is 20.7 Å². The van der Waals surface area contributed by atoms with Crippen LogP contribution in [0, 0.1) is 6.92 Å². The molecule has 0 saturated carbocycles. The van der Waals surface area contributed by atoms with Crippen LogP contribution in [0.25, 0.3) is 22.6 Å². The lowest BCUT2D eigenvalue weighted by molar-refractivity contribution is -0.140. The molecule has 1 atom stereocenters. The van der Waals surface area contributed by atoms with Crippen molar-refractivity contribution >= 4 is 36.7 Å².